The van der Waals surface area contributed by atoms with Crippen molar-refractivity contribution in [3.8, 4) is 11.5 Å². The summed E-state index contributed by atoms with van der Waals surface area (Å²) in [6, 6.07) is 16.3. The summed E-state index contributed by atoms with van der Waals surface area (Å²) in [6.07, 6.45) is 0.697. The molecule has 12 heteroatoms. The van der Waals surface area contributed by atoms with E-state index in [0.29, 0.717) is 46.7 Å². The van der Waals surface area contributed by atoms with E-state index in [9.17, 15) is 18.0 Å². The maximum atomic E-state index is 14.1. The Hall–Kier alpha value is -3.47. The minimum atomic E-state index is -4.22. The van der Waals surface area contributed by atoms with Gasteiger partial charge in [0.2, 0.25) is 11.8 Å². The first-order valence-electron chi connectivity index (χ1n) is 13.5. The number of hydrogen-bond donors (Lipinski definition) is 1. The van der Waals surface area contributed by atoms with Crippen LogP contribution in [0, 0.1) is 0 Å². The summed E-state index contributed by atoms with van der Waals surface area (Å²) in [7, 11) is -4.22. The number of hydrogen-bond acceptors (Lipinski definition) is 6. The van der Waals surface area contributed by atoms with Crippen molar-refractivity contribution in [3.63, 3.8) is 0 Å². The Labute approximate surface area is 256 Å². The molecule has 0 unspecified atom stereocenters. The fraction of sp³-hybridized carbons (Fsp3) is 0.333. The van der Waals surface area contributed by atoms with Gasteiger partial charge in [0.05, 0.1) is 10.6 Å². The molecule has 1 N–H and O–H groups in total. The number of sulfonamides is 1. The lowest BCUT2D eigenvalue weighted by atomic mass is 10.1. The first-order valence-corrected chi connectivity index (χ1v) is 15.7. The molecular weight excluding hydrogens is 601 g/mol. The van der Waals surface area contributed by atoms with Crippen molar-refractivity contribution in [3.05, 3.63) is 82.3 Å². The summed E-state index contributed by atoms with van der Waals surface area (Å²) < 4.78 is 40.2. The Balaban J connectivity index is 1.74. The molecule has 1 heterocycles. The lowest BCUT2D eigenvalue weighted by Crippen LogP contribution is -2.52. The molecule has 0 saturated heterocycles. The van der Waals surface area contributed by atoms with Gasteiger partial charge in [0.15, 0.2) is 11.5 Å². The van der Waals surface area contributed by atoms with Gasteiger partial charge < -0.3 is 19.7 Å². The summed E-state index contributed by atoms with van der Waals surface area (Å²) in [5.41, 5.74) is 0.757. The van der Waals surface area contributed by atoms with Crippen molar-refractivity contribution < 1.29 is 27.5 Å². The summed E-state index contributed by atoms with van der Waals surface area (Å²) in [4.78, 5) is 28.6. The largest absolute Gasteiger partial charge is 0.486 e. The van der Waals surface area contributed by atoms with Crippen molar-refractivity contribution in [2.75, 3.05) is 24.1 Å². The van der Waals surface area contributed by atoms with E-state index in [2.05, 4.69) is 5.32 Å². The first kappa shape index (κ1) is 31.5. The van der Waals surface area contributed by atoms with E-state index in [0.717, 1.165) is 4.31 Å². The highest BCUT2D eigenvalue weighted by Gasteiger charge is 2.33. The molecule has 1 aliphatic rings. The second-order valence-electron chi connectivity index (χ2n) is 9.90. The van der Waals surface area contributed by atoms with E-state index in [1.165, 1.54) is 23.1 Å². The van der Waals surface area contributed by atoms with Crippen LogP contribution in [0.1, 0.15) is 32.8 Å². The van der Waals surface area contributed by atoms with Gasteiger partial charge >= 0.3 is 0 Å². The molecule has 3 aromatic rings. The lowest BCUT2D eigenvalue weighted by molar-refractivity contribution is -0.139. The van der Waals surface area contributed by atoms with E-state index in [1.807, 2.05) is 13.8 Å². The Morgan fingerprint density at radius 3 is 2.31 bits per heavy atom. The van der Waals surface area contributed by atoms with Crippen LogP contribution in [0.5, 0.6) is 11.5 Å². The third-order valence-corrected chi connectivity index (χ3v) is 9.32. The summed E-state index contributed by atoms with van der Waals surface area (Å²) in [5, 5.41) is 3.63. The van der Waals surface area contributed by atoms with Crippen LogP contribution in [0.15, 0.2) is 71.6 Å². The van der Waals surface area contributed by atoms with Gasteiger partial charge in [-0.05, 0) is 62.2 Å². The van der Waals surface area contributed by atoms with Gasteiger partial charge in [-0.2, -0.15) is 0 Å². The van der Waals surface area contributed by atoms with E-state index in [4.69, 9.17) is 32.7 Å². The Morgan fingerprint density at radius 1 is 0.952 bits per heavy atom. The number of rotatable bonds is 11. The number of benzene rings is 3. The van der Waals surface area contributed by atoms with E-state index >= 15 is 0 Å². The van der Waals surface area contributed by atoms with Crippen molar-refractivity contribution in [2.45, 2.75) is 50.7 Å². The zero-order valence-electron chi connectivity index (χ0n) is 23.5. The predicted molar refractivity (Wildman–Crippen MR) is 163 cm³/mol. The number of carbonyl (C=O) groups is 2. The number of ether oxygens (including phenoxy) is 2. The SMILES string of the molecule is CC[C@H](C)NC(=O)[C@@H](C)N(Cc1ccc(Cl)cc1Cl)C(=O)CN(c1ccc2c(c1)OCCO2)S(=O)(=O)c1ccccc1. The number of fused-ring (bicyclic) bond motifs is 1. The Morgan fingerprint density at radius 2 is 1.64 bits per heavy atom. The molecule has 2 atom stereocenters. The molecule has 0 radical (unpaired) electrons. The minimum Gasteiger partial charge on any atom is -0.486 e. The van der Waals surface area contributed by atoms with Crippen molar-refractivity contribution >= 4 is 50.7 Å². The number of halogens is 2. The van der Waals surface area contributed by atoms with Crippen LogP contribution in [0.25, 0.3) is 0 Å². The Bertz CT molecular complexity index is 1540. The number of anilines is 1. The van der Waals surface area contributed by atoms with Crippen LogP contribution in [0.2, 0.25) is 10.0 Å². The van der Waals surface area contributed by atoms with Crippen LogP contribution in [0.3, 0.4) is 0 Å². The average molecular weight is 635 g/mol. The van der Waals surface area contributed by atoms with Crippen LogP contribution in [-0.4, -0.2) is 57.0 Å². The molecule has 0 fully saturated rings. The van der Waals surface area contributed by atoms with Crippen LogP contribution < -0.4 is 19.1 Å². The molecule has 0 bridgehead atoms. The molecule has 3 aromatic carbocycles. The number of nitrogens with one attached hydrogen (secondary N) is 1. The average Bonchev–Trinajstić information content (AvgIpc) is 2.99. The molecular formula is C30H33Cl2N3O6S. The van der Waals surface area contributed by atoms with E-state index in [-0.39, 0.29) is 29.1 Å². The quantitative estimate of drug-likeness (QED) is 0.308. The monoisotopic (exact) mass is 633 g/mol. The first-order chi connectivity index (χ1) is 20.0. The summed E-state index contributed by atoms with van der Waals surface area (Å²) >= 11 is 12.5. The van der Waals surface area contributed by atoms with Gasteiger partial charge in [-0.25, -0.2) is 8.42 Å². The van der Waals surface area contributed by atoms with Crippen LogP contribution in [0.4, 0.5) is 5.69 Å². The zero-order valence-corrected chi connectivity index (χ0v) is 25.9. The summed E-state index contributed by atoms with van der Waals surface area (Å²) in [5.74, 6) is -0.143. The predicted octanol–water partition coefficient (Wildman–Crippen LogP) is 5.29. The molecule has 4 rings (SSSR count). The maximum Gasteiger partial charge on any atom is 0.264 e. The molecule has 0 aromatic heterocycles. The molecule has 0 saturated carbocycles. The topological polar surface area (TPSA) is 105 Å². The third kappa shape index (κ3) is 7.29. The number of amides is 2. The molecule has 2 amide bonds. The fourth-order valence-corrected chi connectivity index (χ4v) is 6.21. The molecule has 1 aliphatic heterocycles. The summed E-state index contributed by atoms with van der Waals surface area (Å²) in [6.45, 7) is 5.43. The van der Waals surface area contributed by atoms with Gasteiger partial charge in [0, 0.05) is 28.7 Å². The molecule has 0 spiro atoms. The molecule has 9 nitrogen and oxygen atoms in total. The highest BCUT2D eigenvalue weighted by Crippen LogP contribution is 2.36. The molecule has 0 aliphatic carbocycles. The second-order valence-corrected chi connectivity index (χ2v) is 12.6. The van der Waals surface area contributed by atoms with Gasteiger partial charge in [0.25, 0.3) is 10.0 Å². The molecule has 42 heavy (non-hydrogen) atoms. The van der Waals surface area contributed by atoms with Crippen molar-refractivity contribution in [1.82, 2.24) is 10.2 Å². The second kappa shape index (κ2) is 13.7. The highest BCUT2D eigenvalue weighted by molar-refractivity contribution is 7.92. The van der Waals surface area contributed by atoms with Gasteiger partial charge in [0.1, 0.15) is 25.8 Å². The minimum absolute atomic E-state index is 0.00236. The zero-order chi connectivity index (χ0) is 30.4. The smallest absolute Gasteiger partial charge is 0.264 e. The van der Waals surface area contributed by atoms with Gasteiger partial charge in [-0.3, -0.25) is 13.9 Å². The number of carbonyl (C=O) groups excluding carboxylic acids is 2. The number of nitrogens with zero attached hydrogens (tertiary/aromatic N) is 2. The van der Waals surface area contributed by atoms with Gasteiger partial charge in [-0.15, -0.1) is 0 Å². The van der Waals surface area contributed by atoms with Crippen LogP contribution in [-0.2, 0) is 26.2 Å². The van der Waals surface area contributed by atoms with Crippen molar-refractivity contribution in [2.24, 2.45) is 0 Å². The third-order valence-electron chi connectivity index (χ3n) is 6.95. The standard InChI is InChI=1S/C30H33Cl2N3O6S/c1-4-20(2)33-30(37)21(3)34(18-22-10-11-23(31)16-26(22)32)29(36)19-35(42(38,39)25-8-6-5-7-9-25)24-12-13-27-28(17-24)41-15-14-40-27/h5-13,16-17,20-21H,4,14-15,18-19H2,1-3H3,(H,33,37)/t20-,21+/m0/s1. The van der Waals surface area contributed by atoms with E-state index < -0.39 is 28.5 Å². The Kier molecular flexibility index (Phi) is 10.2. The van der Waals surface area contributed by atoms with Crippen LogP contribution >= 0.6 is 23.2 Å². The highest BCUT2D eigenvalue weighted by atomic mass is 35.5. The van der Waals surface area contributed by atoms with E-state index in [1.54, 1.807) is 55.5 Å². The van der Waals surface area contributed by atoms with Gasteiger partial charge in [-0.1, -0.05) is 54.4 Å². The fourth-order valence-electron chi connectivity index (χ4n) is 4.32. The lowest BCUT2D eigenvalue weighted by Gasteiger charge is -2.33. The van der Waals surface area contributed by atoms with Crippen molar-refractivity contribution in [1.29, 1.82) is 0 Å². The maximum absolute atomic E-state index is 14.1. The normalized spacial score (nSPS) is 14.0. The molecule has 224 valence electrons.